The van der Waals surface area contributed by atoms with Gasteiger partial charge < -0.3 is 15.2 Å². The van der Waals surface area contributed by atoms with Crippen molar-refractivity contribution in [2.45, 2.75) is 18.7 Å². The quantitative estimate of drug-likeness (QED) is 0.571. The van der Waals surface area contributed by atoms with E-state index in [4.69, 9.17) is 5.11 Å². The molecule has 0 aliphatic heterocycles. The molecule has 0 saturated carbocycles. The van der Waals surface area contributed by atoms with Crippen LogP contribution < -0.4 is 4.72 Å². The largest absolute Gasteiger partial charge is 0.481 e. The maximum absolute atomic E-state index is 11.9. The van der Waals surface area contributed by atoms with Crippen molar-refractivity contribution in [3.05, 3.63) is 28.4 Å². The van der Waals surface area contributed by atoms with Gasteiger partial charge >= 0.3 is 11.8 Å². The summed E-state index contributed by atoms with van der Waals surface area (Å²) in [6.07, 6.45) is 0.842. The Morgan fingerprint density at radius 1 is 1.50 bits per heavy atom. The standard InChI is InChI=1S/C10H13N3O6S/c1-10(2,9(14)15)6-12-20(18,19)7-3-4-8(11-5-7)13(16)17/h3-5,12H,6H2,1-2H3,(H,14,15). The molecule has 110 valence electrons. The minimum absolute atomic E-state index is 0.274. The van der Waals surface area contributed by atoms with Crippen LogP contribution in [0, 0.1) is 15.5 Å². The number of hydrogen-bond acceptors (Lipinski definition) is 6. The van der Waals surface area contributed by atoms with Crippen molar-refractivity contribution >= 4 is 21.8 Å². The van der Waals surface area contributed by atoms with Gasteiger partial charge in [0.1, 0.15) is 4.90 Å². The molecule has 0 spiro atoms. The number of nitrogens with zero attached hydrogens (tertiary/aromatic N) is 2. The number of rotatable bonds is 6. The number of carbonyl (C=O) groups is 1. The summed E-state index contributed by atoms with van der Waals surface area (Å²) in [7, 11) is -3.97. The zero-order valence-corrected chi connectivity index (χ0v) is 11.5. The minimum atomic E-state index is -3.97. The molecule has 0 amide bonds. The molecule has 1 aromatic heterocycles. The van der Waals surface area contributed by atoms with Gasteiger partial charge in [0.15, 0.2) is 6.20 Å². The number of sulfonamides is 1. The maximum Gasteiger partial charge on any atom is 0.363 e. The van der Waals surface area contributed by atoms with Crippen LogP contribution in [0.2, 0.25) is 0 Å². The number of carboxylic acids is 1. The summed E-state index contributed by atoms with van der Waals surface area (Å²) in [4.78, 5) is 23.6. The van der Waals surface area contributed by atoms with E-state index in [0.29, 0.717) is 0 Å². The van der Waals surface area contributed by atoms with Crippen molar-refractivity contribution in [3.8, 4) is 0 Å². The smallest absolute Gasteiger partial charge is 0.363 e. The topological polar surface area (TPSA) is 140 Å². The maximum atomic E-state index is 11.9. The number of aromatic nitrogens is 1. The predicted octanol–water partition coefficient (Wildman–Crippen LogP) is 0.379. The molecule has 0 unspecified atom stereocenters. The summed E-state index contributed by atoms with van der Waals surface area (Å²) in [5.41, 5.74) is -1.28. The zero-order valence-electron chi connectivity index (χ0n) is 10.7. The van der Waals surface area contributed by atoms with Gasteiger partial charge in [0.25, 0.3) is 0 Å². The van der Waals surface area contributed by atoms with Crippen LogP contribution >= 0.6 is 0 Å². The first-order chi connectivity index (χ1) is 9.06. The van der Waals surface area contributed by atoms with Gasteiger partial charge in [-0.2, -0.15) is 0 Å². The summed E-state index contributed by atoms with van der Waals surface area (Å²) >= 11 is 0. The first-order valence-electron chi connectivity index (χ1n) is 5.40. The minimum Gasteiger partial charge on any atom is -0.481 e. The van der Waals surface area contributed by atoms with Gasteiger partial charge in [-0.25, -0.2) is 13.1 Å². The van der Waals surface area contributed by atoms with E-state index in [2.05, 4.69) is 9.71 Å². The summed E-state index contributed by atoms with van der Waals surface area (Å²) in [6, 6.07) is 1.98. The first kappa shape index (κ1) is 16.0. The Balaban J connectivity index is 2.89. The van der Waals surface area contributed by atoms with Crippen LogP contribution in [0.5, 0.6) is 0 Å². The molecule has 1 heterocycles. The molecule has 1 aromatic rings. The average molecular weight is 303 g/mol. The molecule has 20 heavy (non-hydrogen) atoms. The SMILES string of the molecule is CC(C)(CNS(=O)(=O)c1ccc([N+](=O)[O-])nc1)C(=O)O. The highest BCUT2D eigenvalue weighted by Gasteiger charge is 2.29. The Morgan fingerprint density at radius 3 is 2.50 bits per heavy atom. The molecule has 2 N–H and O–H groups in total. The van der Waals surface area contributed by atoms with E-state index in [1.807, 2.05) is 0 Å². The van der Waals surface area contributed by atoms with Gasteiger partial charge in [-0.3, -0.25) is 4.79 Å². The van der Waals surface area contributed by atoms with Gasteiger partial charge in [0.05, 0.1) is 5.41 Å². The van der Waals surface area contributed by atoms with E-state index in [-0.39, 0.29) is 11.4 Å². The van der Waals surface area contributed by atoms with Crippen LogP contribution in [0.1, 0.15) is 13.8 Å². The Hall–Kier alpha value is -2.07. The fourth-order valence-electron chi connectivity index (χ4n) is 1.07. The second kappa shape index (κ2) is 5.51. The van der Waals surface area contributed by atoms with E-state index >= 15 is 0 Å². The number of nitro groups is 1. The molecule has 0 radical (unpaired) electrons. The second-order valence-corrected chi connectivity index (χ2v) is 6.39. The second-order valence-electron chi connectivity index (χ2n) is 4.62. The molecule has 0 aliphatic carbocycles. The van der Waals surface area contributed by atoms with Crippen LogP contribution in [-0.4, -0.2) is 35.9 Å². The lowest BCUT2D eigenvalue weighted by molar-refractivity contribution is -0.389. The van der Waals surface area contributed by atoms with Crippen LogP contribution in [0.25, 0.3) is 0 Å². The third kappa shape index (κ3) is 3.71. The van der Waals surface area contributed by atoms with E-state index < -0.39 is 32.1 Å². The van der Waals surface area contributed by atoms with Crippen molar-refractivity contribution in [2.75, 3.05) is 6.54 Å². The van der Waals surface area contributed by atoms with Crippen LogP contribution in [-0.2, 0) is 14.8 Å². The van der Waals surface area contributed by atoms with Crippen LogP contribution in [0.3, 0.4) is 0 Å². The zero-order chi connectivity index (χ0) is 15.6. The molecular formula is C10H13N3O6S. The Bertz CT molecular complexity index is 623. The lowest BCUT2D eigenvalue weighted by atomic mass is 9.95. The average Bonchev–Trinajstić information content (AvgIpc) is 2.36. The van der Waals surface area contributed by atoms with Crippen molar-refractivity contribution in [1.29, 1.82) is 0 Å². The molecule has 9 nitrogen and oxygen atoms in total. The van der Waals surface area contributed by atoms with Crippen molar-refractivity contribution < 1.29 is 23.2 Å². The third-order valence-electron chi connectivity index (χ3n) is 2.50. The summed E-state index contributed by atoms with van der Waals surface area (Å²) in [5, 5.41) is 19.3. The number of aliphatic carboxylic acids is 1. The monoisotopic (exact) mass is 303 g/mol. The van der Waals surface area contributed by atoms with E-state index in [1.165, 1.54) is 13.8 Å². The summed E-state index contributed by atoms with van der Waals surface area (Å²) in [6.45, 7) is 2.42. The molecule has 0 saturated heterocycles. The number of hydrogen-bond donors (Lipinski definition) is 2. The van der Waals surface area contributed by atoms with Crippen molar-refractivity contribution in [1.82, 2.24) is 9.71 Å². The molecule has 0 aromatic carbocycles. The highest BCUT2D eigenvalue weighted by Crippen LogP contribution is 2.16. The van der Waals surface area contributed by atoms with Crippen molar-refractivity contribution in [3.63, 3.8) is 0 Å². The van der Waals surface area contributed by atoms with E-state index in [1.54, 1.807) is 0 Å². The first-order valence-corrected chi connectivity index (χ1v) is 6.88. The molecule has 10 heteroatoms. The van der Waals surface area contributed by atoms with E-state index in [9.17, 15) is 23.3 Å². The van der Waals surface area contributed by atoms with Crippen LogP contribution in [0.4, 0.5) is 5.82 Å². The highest BCUT2D eigenvalue weighted by molar-refractivity contribution is 7.89. The molecule has 0 bridgehead atoms. The van der Waals surface area contributed by atoms with Gasteiger partial charge in [-0.05, 0) is 29.8 Å². The third-order valence-corrected chi connectivity index (χ3v) is 3.89. The highest BCUT2D eigenvalue weighted by atomic mass is 32.2. The number of carboxylic acid groups (broad SMARTS) is 1. The molecule has 0 aliphatic rings. The van der Waals surface area contributed by atoms with Crippen molar-refractivity contribution in [2.24, 2.45) is 5.41 Å². The predicted molar refractivity (Wildman–Crippen MR) is 67.5 cm³/mol. The fraction of sp³-hybridized carbons (Fsp3) is 0.400. The van der Waals surface area contributed by atoms with Gasteiger partial charge in [0, 0.05) is 12.6 Å². The van der Waals surface area contributed by atoms with Gasteiger partial charge in [-0.1, -0.05) is 0 Å². The van der Waals surface area contributed by atoms with Gasteiger partial charge in [-0.15, -0.1) is 0 Å². The molecule has 0 atom stereocenters. The Labute approximate surface area is 114 Å². The number of nitrogens with one attached hydrogen (secondary N) is 1. The molecular weight excluding hydrogens is 290 g/mol. The van der Waals surface area contributed by atoms with Gasteiger partial charge in [0.2, 0.25) is 10.0 Å². The summed E-state index contributed by atoms with van der Waals surface area (Å²) < 4.78 is 25.9. The van der Waals surface area contributed by atoms with E-state index in [0.717, 1.165) is 18.3 Å². The normalized spacial score (nSPS) is 12.1. The Morgan fingerprint density at radius 2 is 2.10 bits per heavy atom. The number of pyridine rings is 1. The fourth-order valence-corrected chi connectivity index (χ4v) is 2.23. The Kier molecular flexibility index (Phi) is 4.40. The van der Waals surface area contributed by atoms with Crippen LogP contribution in [0.15, 0.2) is 23.2 Å². The molecule has 0 fully saturated rings. The lowest BCUT2D eigenvalue weighted by Gasteiger charge is -2.19. The lowest BCUT2D eigenvalue weighted by Crippen LogP contribution is -2.38. The summed E-state index contributed by atoms with van der Waals surface area (Å²) in [5.74, 6) is -1.63. The molecule has 1 rings (SSSR count).